The monoisotopic (exact) mass is 394 g/mol. The van der Waals surface area contributed by atoms with Crippen LogP contribution < -0.4 is 15.4 Å². The van der Waals surface area contributed by atoms with Crippen molar-refractivity contribution in [3.05, 3.63) is 54.1 Å². The summed E-state index contributed by atoms with van der Waals surface area (Å²) in [5, 5.41) is 5.72. The number of rotatable bonds is 7. The molecule has 1 unspecified atom stereocenters. The standard InChI is InChI=1S/C22H26N4O3/c1-5-26-18-9-7-6-8-17(18)23-22(26)25-21(28)19(14(2)3)24-20(27)15-10-12-16(29-4)13-11-15/h6-14,19H,5H2,1-4H3,(H,24,27)(H,23,25,28). The van der Waals surface area contributed by atoms with Gasteiger partial charge in [0.1, 0.15) is 11.8 Å². The highest BCUT2D eigenvalue weighted by Gasteiger charge is 2.26. The van der Waals surface area contributed by atoms with E-state index in [2.05, 4.69) is 15.6 Å². The normalized spacial score (nSPS) is 12.0. The fraction of sp³-hybridized carbons (Fsp3) is 0.318. The second kappa shape index (κ2) is 8.77. The molecule has 0 fully saturated rings. The van der Waals surface area contributed by atoms with Gasteiger partial charge in [0, 0.05) is 12.1 Å². The highest BCUT2D eigenvalue weighted by molar-refractivity contribution is 6.01. The van der Waals surface area contributed by atoms with Crippen LogP contribution in [0.15, 0.2) is 48.5 Å². The summed E-state index contributed by atoms with van der Waals surface area (Å²) < 4.78 is 7.05. The Hall–Kier alpha value is -3.35. The van der Waals surface area contributed by atoms with Crippen LogP contribution in [-0.4, -0.2) is 34.5 Å². The van der Waals surface area contributed by atoms with Gasteiger partial charge in [-0.05, 0) is 49.2 Å². The topological polar surface area (TPSA) is 85.2 Å². The second-order valence-corrected chi connectivity index (χ2v) is 7.08. The number of para-hydroxylation sites is 2. The first kappa shape index (κ1) is 20.4. The van der Waals surface area contributed by atoms with Crippen molar-refractivity contribution in [3.63, 3.8) is 0 Å². The maximum atomic E-state index is 13.0. The minimum Gasteiger partial charge on any atom is -0.497 e. The summed E-state index contributed by atoms with van der Waals surface area (Å²) >= 11 is 0. The average Bonchev–Trinajstić information content (AvgIpc) is 3.08. The molecular formula is C22H26N4O3. The van der Waals surface area contributed by atoms with Gasteiger partial charge in [0.2, 0.25) is 11.9 Å². The predicted molar refractivity (Wildman–Crippen MR) is 113 cm³/mol. The van der Waals surface area contributed by atoms with Crippen molar-refractivity contribution in [2.24, 2.45) is 5.92 Å². The summed E-state index contributed by atoms with van der Waals surface area (Å²) in [7, 11) is 1.57. The highest BCUT2D eigenvalue weighted by atomic mass is 16.5. The SMILES string of the molecule is CCn1c(NC(=O)C(NC(=O)c2ccc(OC)cc2)C(C)C)nc2ccccc21. The van der Waals surface area contributed by atoms with E-state index in [1.165, 1.54) is 0 Å². The van der Waals surface area contributed by atoms with E-state index in [0.29, 0.717) is 23.8 Å². The number of carbonyl (C=O) groups is 2. The first-order valence-electron chi connectivity index (χ1n) is 9.65. The third-order valence-electron chi connectivity index (χ3n) is 4.79. The molecule has 29 heavy (non-hydrogen) atoms. The molecule has 0 spiro atoms. The molecule has 0 radical (unpaired) electrons. The van der Waals surface area contributed by atoms with Crippen molar-refractivity contribution in [1.82, 2.24) is 14.9 Å². The first-order chi connectivity index (χ1) is 13.9. The maximum Gasteiger partial charge on any atom is 0.251 e. The number of nitrogens with one attached hydrogen (secondary N) is 2. The molecule has 1 atom stereocenters. The van der Waals surface area contributed by atoms with Crippen LogP contribution in [0.3, 0.4) is 0 Å². The lowest BCUT2D eigenvalue weighted by molar-refractivity contribution is -0.118. The minimum atomic E-state index is -0.699. The molecule has 7 heteroatoms. The number of hydrogen-bond donors (Lipinski definition) is 2. The zero-order valence-corrected chi connectivity index (χ0v) is 17.1. The Kier molecular flexibility index (Phi) is 6.16. The molecule has 7 nitrogen and oxygen atoms in total. The molecule has 3 aromatic rings. The van der Waals surface area contributed by atoms with Crippen LogP contribution in [-0.2, 0) is 11.3 Å². The molecule has 0 aliphatic rings. The number of benzene rings is 2. The Bertz CT molecular complexity index is 1010. The third-order valence-corrected chi connectivity index (χ3v) is 4.79. The van der Waals surface area contributed by atoms with E-state index in [-0.39, 0.29) is 17.7 Å². The molecule has 2 amide bonds. The van der Waals surface area contributed by atoms with Crippen LogP contribution in [0.4, 0.5) is 5.95 Å². The van der Waals surface area contributed by atoms with E-state index in [4.69, 9.17) is 4.74 Å². The van der Waals surface area contributed by atoms with Crippen LogP contribution in [0.2, 0.25) is 0 Å². The predicted octanol–water partition coefficient (Wildman–Crippen LogP) is 3.46. The third kappa shape index (κ3) is 4.39. The van der Waals surface area contributed by atoms with Gasteiger partial charge in [-0.2, -0.15) is 0 Å². The molecule has 0 saturated heterocycles. The second-order valence-electron chi connectivity index (χ2n) is 7.08. The van der Waals surface area contributed by atoms with Gasteiger partial charge in [-0.3, -0.25) is 14.9 Å². The van der Waals surface area contributed by atoms with Crippen LogP contribution in [0, 0.1) is 5.92 Å². The molecule has 2 aromatic carbocycles. The summed E-state index contributed by atoms with van der Waals surface area (Å²) in [6.45, 7) is 6.44. The Morgan fingerprint density at radius 1 is 1.10 bits per heavy atom. The van der Waals surface area contributed by atoms with Gasteiger partial charge in [-0.1, -0.05) is 26.0 Å². The lowest BCUT2D eigenvalue weighted by Crippen LogP contribution is -2.47. The van der Waals surface area contributed by atoms with E-state index in [0.717, 1.165) is 11.0 Å². The zero-order chi connectivity index (χ0) is 21.0. The number of anilines is 1. The van der Waals surface area contributed by atoms with Crippen LogP contribution in [0.25, 0.3) is 11.0 Å². The number of hydrogen-bond acceptors (Lipinski definition) is 4. The maximum absolute atomic E-state index is 13.0. The van der Waals surface area contributed by atoms with Gasteiger partial charge in [-0.15, -0.1) is 0 Å². The first-order valence-corrected chi connectivity index (χ1v) is 9.65. The van der Waals surface area contributed by atoms with Gasteiger partial charge >= 0.3 is 0 Å². The number of methoxy groups -OCH3 is 1. The number of imidazole rings is 1. The van der Waals surface area contributed by atoms with Crippen molar-refractivity contribution in [2.75, 3.05) is 12.4 Å². The Morgan fingerprint density at radius 3 is 2.41 bits per heavy atom. The Morgan fingerprint density at radius 2 is 1.79 bits per heavy atom. The summed E-state index contributed by atoms with van der Waals surface area (Å²) in [6.07, 6.45) is 0. The Balaban J connectivity index is 1.78. The molecule has 3 rings (SSSR count). The number of fused-ring (bicyclic) bond motifs is 1. The molecule has 0 aliphatic carbocycles. The number of nitrogens with zero attached hydrogens (tertiary/aromatic N) is 2. The van der Waals surface area contributed by atoms with Gasteiger partial charge in [0.15, 0.2) is 0 Å². The van der Waals surface area contributed by atoms with E-state index >= 15 is 0 Å². The molecule has 0 saturated carbocycles. The fourth-order valence-corrected chi connectivity index (χ4v) is 3.18. The molecule has 0 bridgehead atoms. The van der Waals surface area contributed by atoms with Gasteiger partial charge in [-0.25, -0.2) is 4.98 Å². The number of aryl methyl sites for hydroxylation is 1. The largest absolute Gasteiger partial charge is 0.497 e. The van der Waals surface area contributed by atoms with Gasteiger partial charge < -0.3 is 14.6 Å². The molecule has 2 N–H and O–H groups in total. The molecule has 1 aromatic heterocycles. The van der Waals surface area contributed by atoms with E-state index in [9.17, 15) is 9.59 Å². The average molecular weight is 394 g/mol. The fourth-order valence-electron chi connectivity index (χ4n) is 3.18. The van der Waals surface area contributed by atoms with Crippen LogP contribution in [0.5, 0.6) is 5.75 Å². The Labute approximate surface area is 170 Å². The van der Waals surface area contributed by atoms with Gasteiger partial charge in [0.05, 0.1) is 18.1 Å². The lowest BCUT2D eigenvalue weighted by atomic mass is 10.0. The van der Waals surface area contributed by atoms with Crippen molar-refractivity contribution in [1.29, 1.82) is 0 Å². The number of aromatic nitrogens is 2. The van der Waals surface area contributed by atoms with Crippen molar-refractivity contribution >= 4 is 28.8 Å². The van der Waals surface area contributed by atoms with Crippen molar-refractivity contribution < 1.29 is 14.3 Å². The van der Waals surface area contributed by atoms with Crippen LogP contribution >= 0.6 is 0 Å². The summed E-state index contributed by atoms with van der Waals surface area (Å²) in [6, 6.07) is 13.8. The molecular weight excluding hydrogens is 368 g/mol. The molecule has 152 valence electrons. The number of amides is 2. The van der Waals surface area contributed by atoms with Crippen molar-refractivity contribution in [3.8, 4) is 5.75 Å². The lowest BCUT2D eigenvalue weighted by Gasteiger charge is -2.21. The smallest absolute Gasteiger partial charge is 0.251 e. The number of ether oxygens (including phenoxy) is 1. The van der Waals surface area contributed by atoms with E-state index in [1.54, 1.807) is 31.4 Å². The number of carbonyl (C=O) groups excluding carboxylic acids is 2. The summed E-state index contributed by atoms with van der Waals surface area (Å²) in [5.41, 5.74) is 2.23. The highest BCUT2D eigenvalue weighted by Crippen LogP contribution is 2.20. The van der Waals surface area contributed by atoms with E-state index < -0.39 is 6.04 Å². The summed E-state index contributed by atoms with van der Waals surface area (Å²) in [5.74, 6) is 0.426. The summed E-state index contributed by atoms with van der Waals surface area (Å²) in [4.78, 5) is 30.1. The quantitative estimate of drug-likeness (QED) is 0.643. The van der Waals surface area contributed by atoms with Crippen LogP contribution in [0.1, 0.15) is 31.1 Å². The minimum absolute atomic E-state index is 0.100. The van der Waals surface area contributed by atoms with E-state index in [1.807, 2.05) is 49.6 Å². The van der Waals surface area contributed by atoms with Gasteiger partial charge in [0.25, 0.3) is 5.91 Å². The van der Waals surface area contributed by atoms with Crippen molar-refractivity contribution in [2.45, 2.75) is 33.4 Å². The molecule has 1 heterocycles. The molecule has 0 aliphatic heterocycles. The zero-order valence-electron chi connectivity index (χ0n) is 17.1.